The first-order chi connectivity index (χ1) is 7.78. The Hall–Kier alpha value is -1.88. The van der Waals surface area contributed by atoms with E-state index in [2.05, 4.69) is 9.97 Å². The largest absolute Gasteiger partial charge is 0.481 e. The molecule has 5 heteroatoms. The summed E-state index contributed by atoms with van der Waals surface area (Å²) in [5.41, 5.74) is 7.20. The van der Waals surface area contributed by atoms with E-state index in [1.807, 2.05) is 29.7 Å². The molecule has 0 fully saturated rings. The molecule has 0 saturated carbocycles. The summed E-state index contributed by atoms with van der Waals surface area (Å²) in [5, 5.41) is 2.46. The van der Waals surface area contributed by atoms with Gasteiger partial charge in [0.25, 0.3) is 0 Å². The van der Waals surface area contributed by atoms with Crippen molar-refractivity contribution in [2.75, 3.05) is 12.8 Å². The number of hydrogen-bond donors (Lipinski definition) is 1. The van der Waals surface area contributed by atoms with E-state index in [0.717, 1.165) is 11.4 Å². The summed E-state index contributed by atoms with van der Waals surface area (Å²) in [6.07, 6.45) is 3.74. The van der Waals surface area contributed by atoms with E-state index in [9.17, 15) is 0 Å². The zero-order chi connectivity index (χ0) is 11.4. The van der Waals surface area contributed by atoms with Gasteiger partial charge in [-0.3, -0.25) is 0 Å². The lowest BCUT2D eigenvalue weighted by Crippen LogP contribution is -1.88. The molecule has 0 atom stereocenters. The summed E-state index contributed by atoms with van der Waals surface area (Å²) in [5.74, 6) is 0.597. The summed E-state index contributed by atoms with van der Waals surface area (Å²) in [6.45, 7) is 0. The van der Waals surface area contributed by atoms with Gasteiger partial charge in [0.2, 0.25) is 5.88 Å². The Morgan fingerprint density at radius 2 is 2.06 bits per heavy atom. The summed E-state index contributed by atoms with van der Waals surface area (Å²) >= 11 is 1.42. The molecule has 0 bridgehead atoms. The van der Waals surface area contributed by atoms with Crippen molar-refractivity contribution in [1.82, 2.24) is 9.97 Å². The molecule has 0 aliphatic rings. The average molecular weight is 233 g/mol. The Labute approximate surface area is 97.4 Å². The van der Waals surface area contributed by atoms with Crippen LogP contribution in [-0.2, 0) is 0 Å². The topological polar surface area (TPSA) is 61.0 Å². The van der Waals surface area contributed by atoms with Gasteiger partial charge in [-0.2, -0.15) is 0 Å². The number of nitrogens with zero attached hydrogens (tertiary/aromatic N) is 2. The maximum absolute atomic E-state index is 5.53. The highest BCUT2D eigenvalue weighted by Gasteiger charge is 1.95. The van der Waals surface area contributed by atoms with Crippen LogP contribution in [0.4, 0.5) is 5.13 Å². The molecule has 0 unspecified atom stereocenters. The molecule has 2 rings (SSSR count). The van der Waals surface area contributed by atoms with Crippen molar-refractivity contribution in [1.29, 1.82) is 0 Å². The molecule has 4 nitrogen and oxygen atoms in total. The molecule has 0 aliphatic heterocycles. The summed E-state index contributed by atoms with van der Waals surface area (Å²) in [6, 6.07) is 5.59. The Morgan fingerprint density at radius 3 is 2.75 bits per heavy atom. The third kappa shape index (κ3) is 2.58. The van der Waals surface area contributed by atoms with Crippen LogP contribution in [-0.4, -0.2) is 17.1 Å². The van der Waals surface area contributed by atoms with Crippen LogP contribution >= 0.6 is 11.3 Å². The van der Waals surface area contributed by atoms with Crippen molar-refractivity contribution in [2.24, 2.45) is 0 Å². The van der Waals surface area contributed by atoms with Crippen LogP contribution in [0.1, 0.15) is 11.4 Å². The standard InChI is InChI=1S/C11H11N3OS/c1-15-10-4-2-3-8(13-10)5-6-9-7-16-11(12)14-9/h2-7H,1H3,(H2,12,14)/b6-5+. The van der Waals surface area contributed by atoms with Crippen LogP contribution < -0.4 is 10.5 Å². The zero-order valence-electron chi connectivity index (χ0n) is 8.75. The lowest BCUT2D eigenvalue weighted by molar-refractivity contribution is 0.397. The van der Waals surface area contributed by atoms with Crippen molar-refractivity contribution in [3.8, 4) is 5.88 Å². The molecule has 0 spiro atoms. The quantitative estimate of drug-likeness (QED) is 0.883. The van der Waals surface area contributed by atoms with Gasteiger partial charge >= 0.3 is 0 Å². The molecular weight excluding hydrogens is 222 g/mol. The monoisotopic (exact) mass is 233 g/mol. The maximum atomic E-state index is 5.53. The van der Waals surface area contributed by atoms with Crippen LogP contribution in [0.25, 0.3) is 12.2 Å². The van der Waals surface area contributed by atoms with Crippen molar-refractivity contribution in [3.05, 3.63) is 35.0 Å². The molecular formula is C11H11N3OS. The number of hydrogen-bond acceptors (Lipinski definition) is 5. The van der Waals surface area contributed by atoms with Gasteiger partial charge in [0.1, 0.15) is 0 Å². The normalized spacial score (nSPS) is 10.8. The van der Waals surface area contributed by atoms with Crippen LogP contribution in [0.15, 0.2) is 23.6 Å². The number of pyridine rings is 1. The Morgan fingerprint density at radius 1 is 1.25 bits per heavy atom. The number of ether oxygens (including phenoxy) is 1. The molecule has 2 aromatic heterocycles. The summed E-state index contributed by atoms with van der Waals surface area (Å²) < 4.78 is 5.03. The highest BCUT2D eigenvalue weighted by Crippen LogP contribution is 2.14. The lowest BCUT2D eigenvalue weighted by atomic mass is 10.3. The molecule has 0 aromatic carbocycles. The molecule has 82 valence electrons. The van der Waals surface area contributed by atoms with Crippen molar-refractivity contribution in [2.45, 2.75) is 0 Å². The Bertz CT molecular complexity index is 507. The van der Waals surface area contributed by atoms with E-state index in [-0.39, 0.29) is 0 Å². The molecule has 0 aliphatic carbocycles. The Kier molecular flexibility index (Phi) is 3.16. The predicted octanol–water partition coefficient (Wildman–Crippen LogP) is 2.30. The van der Waals surface area contributed by atoms with Gasteiger partial charge in [-0.05, 0) is 18.2 Å². The van der Waals surface area contributed by atoms with E-state index in [0.29, 0.717) is 11.0 Å². The highest BCUT2D eigenvalue weighted by atomic mass is 32.1. The fourth-order valence-electron chi connectivity index (χ4n) is 1.19. The van der Waals surface area contributed by atoms with Gasteiger partial charge in [-0.1, -0.05) is 6.07 Å². The first-order valence-corrected chi connectivity index (χ1v) is 5.56. The number of nitrogens with two attached hydrogens (primary N) is 1. The number of thiazole rings is 1. The predicted molar refractivity (Wildman–Crippen MR) is 66.2 cm³/mol. The van der Waals surface area contributed by atoms with Crippen LogP contribution in [0.5, 0.6) is 5.88 Å². The molecule has 2 aromatic rings. The number of nitrogen functional groups attached to an aromatic ring is 1. The van der Waals surface area contributed by atoms with Gasteiger partial charge in [0.15, 0.2) is 5.13 Å². The van der Waals surface area contributed by atoms with E-state index in [1.54, 1.807) is 13.2 Å². The molecule has 0 amide bonds. The number of methoxy groups -OCH3 is 1. The van der Waals surface area contributed by atoms with Gasteiger partial charge in [0, 0.05) is 11.4 Å². The van der Waals surface area contributed by atoms with Crippen molar-refractivity contribution in [3.63, 3.8) is 0 Å². The molecule has 0 radical (unpaired) electrons. The van der Waals surface area contributed by atoms with Gasteiger partial charge in [0.05, 0.1) is 18.5 Å². The number of anilines is 1. The summed E-state index contributed by atoms with van der Waals surface area (Å²) in [7, 11) is 1.59. The van der Waals surface area contributed by atoms with E-state index in [4.69, 9.17) is 10.5 Å². The van der Waals surface area contributed by atoms with Gasteiger partial charge < -0.3 is 10.5 Å². The second-order valence-electron chi connectivity index (χ2n) is 3.05. The number of aromatic nitrogens is 2. The third-order valence-electron chi connectivity index (χ3n) is 1.92. The lowest BCUT2D eigenvalue weighted by Gasteiger charge is -1.98. The minimum absolute atomic E-state index is 0.568. The molecule has 0 saturated heterocycles. The second kappa shape index (κ2) is 4.76. The van der Waals surface area contributed by atoms with Crippen molar-refractivity contribution >= 4 is 28.6 Å². The minimum atomic E-state index is 0.568. The van der Waals surface area contributed by atoms with Gasteiger partial charge in [-0.25, -0.2) is 9.97 Å². The first-order valence-electron chi connectivity index (χ1n) is 4.68. The maximum Gasteiger partial charge on any atom is 0.213 e. The molecule has 16 heavy (non-hydrogen) atoms. The van der Waals surface area contributed by atoms with Crippen LogP contribution in [0, 0.1) is 0 Å². The van der Waals surface area contributed by atoms with Crippen molar-refractivity contribution < 1.29 is 4.74 Å². The first kappa shape index (κ1) is 10.6. The third-order valence-corrected chi connectivity index (χ3v) is 2.61. The van der Waals surface area contributed by atoms with Crippen LogP contribution in [0.3, 0.4) is 0 Å². The molecule has 2 N–H and O–H groups in total. The highest BCUT2D eigenvalue weighted by molar-refractivity contribution is 7.13. The average Bonchev–Trinajstić information content (AvgIpc) is 2.73. The smallest absolute Gasteiger partial charge is 0.213 e. The molecule has 2 heterocycles. The fourth-order valence-corrected chi connectivity index (χ4v) is 1.72. The fraction of sp³-hybridized carbons (Fsp3) is 0.0909. The van der Waals surface area contributed by atoms with E-state index < -0.39 is 0 Å². The van der Waals surface area contributed by atoms with Crippen LogP contribution in [0.2, 0.25) is 0 Å². The van der Waals surface area contributed by atoms with Gasteiger partial charge in [-0.15, -0.1) is 11.3 Å². The summed E-state index contributed by atoms with van der Waals surface area (Å²) in [4.78, 5) is 8.37. The second-order valence-corrected chi connectivity index (χ2v) is 3.94. The zero-order valence-corrected chi connectivity index (χ0v) is 9.57. The Balaban J connectivity index is 2.16. The minimum Gasteiger partial charge on any atom is -0.481 e. The number of rotatable bonds is 3. The van der Waals surface area contributed by atoms with E-state index in [1.165, 1.54) is 11.3 Å². The van der Waals surface area contributed by atoms with E-state index >= 15 is 0 Å². The SMILES string of the molecule is COc1cccc(/C=C/c2csc(N)n2)n1.